The summed E-state index contributed by atoms with van der Waals surface area (Å²) < 4.78 is 33.4. The van der Waals surface area contributed by atoms with Gasteiger partial charge in [0.2, 0.25) is 10.0 Å². The second kappa shape index (κ2) is 10.2. The Morgan fingerprint density at radius 3 is 2.42 bits per heavy atom. The van der Waals surface area contributed by atoms with Crippen LogP contribution in [-0.2, 0) is 10.0 Å². The zero-order valence-corrected chi connectivity index (χ0v) is 19.1. The standard InChI is InChI=1S/C25H34N2O3S/c1-30-25-10-6-5-9-23(25)24-17-20(24)18-26-16-15-19-11-13-21(14-12-19)27-31(28,29)22-7-3-2-4-8-22/h2-10,19-21,24,26-27H,11-18H2,1H3/t19?,20-,21?,24+/m0/s1. The smallest absolute Gasteiger partial charge is 0.240 e. The number of hydrogen-bond acceptors (Lipinski definition) is 4. The van der Waals surface area contributed by atoms with Crippen LogP contribution in [0.2, 0.25) is 0 Å². The van der Waals surface area contributed by atoms with Crippen LogP contribution >= 0.6 is 0 Å². The molecule has 31 heavy (non-hydrogen) atoms. The van der Waals surface area contributed by atoms with Crippen molar-refractivity contribution in [2.45, 2.75) is 55.4 Å². The molecule has 2 N–H and O–H groups in total. The topological polar surface area (TPSA) is 67.4 Å². The van der Waals surface area contributed by atoms with Gasteiger partial charge in [-0.2, -0.15) is 0 Å². The molecule has 0 spiro atoms. The van der Waals surface area contributed by atoms with E-state index in [1.165, 1.54) is 18.4 Å². The summed E-state index contributed by atoms with van der Waals surface area (Å²) in [5, 5.41) is 3.65. The highest BCUT2D eigenvalue weighted by Crippen LogP contribution is 2.49. The number of benzene rings is 2. The van der Waals surface area contributed by atoms with E-state index in [4.69, 9.17) is 4.74 Å². The summed E-state index contributed by atoms with van der Waals surface area (Å²) in [5.41, 5.74) is 1.34. The highest BCUT2D eigenvalue weighted by molar-refractivity contribution is 7.89. The van der Waals surface area contributed by atoms with Gasteiger partial charge < -0.3 is 10.1 Å². The first kappa shape index (κ1) is 22.3. The molecule has 6 heteroatoms. The van der Waals surface area contributed by atoms with E-state index in [0.717, 1.165) is 44.5 Å². The predicted molar refractivity (Wildman–Crippen MR) is 124 cm³/mol. The minimum atomic E-state index is -3.41. The Morgan fingerprint density at radius 2 is 1.68 bits per heavy atom. The van der Waals surface area contributed by atoms with Crippen molar-refractivity contribution in [3.63, 3.8) is 0 Å². The first-order valence-electron chi connectivity index (χ1n) is 11.5. The van der Waals surface area contributed by atoms with Crippen LogP contribution in [0, 0.1) is 11.8 Å². The number of hydrogen-bond donors (Lipinski definition) is 2. The highest BCUT2D eigenvalue weighted by atomic mass is 32.2. The molecule has 2 aliphatic rings. The third kappa shape index (κ3) is 5.88. The Morgan fingerprint density at radius 1 is 0.968 bits per heavy atom. The van der Waals surface area contributed by atoms with Gasteiger partial charge in [-0.3, -0.25) is 0 Å². The van der Waals surface area contributed by atoms with E-state index in [9.17, 15) is 8.42 Å². The third-order valence-corrected chi connectivity index (χ3v) is 8.36. The summed E-state index contributed by atoms with van der Waals surface area (Å²) in [4.78, 5) is 0.354. The molecular weight excluding hydrogens is 408 g/mol. The van der Waals surface area contributed by atoms with Crippen molar-refractivity contribution in [2.75, 3.05) is 20.2 Å². The molecule has 0 unspecified atom stereocenters. The van der Waals surface area contributed by atoms with E-state index in [1.54, 1.807) is 31.4 Å². The fraction of sp³-hybridized carbons (Fsp3) is 0.520. The molecule has 0 aromatic heterocycles. The van der Waals surface area contributed by atoms with Crippen LogP contribution in [0.1, 0.15) is 50.0 Å². The van der Waals surface area contributed by atoms with Crippen molar-refractivity contribution >= 4 is 10.0 Å². The van der Waals surface area contributed by atoms with Gasteiger partial charge in [0.15, 0.2) is 0 Å². The van der Waals surface area contributed by atoms with E-state index in [-0.39, 0.29) is 6.04 Å². The number of methoxy groups -OCH3 is 1. The maximum Gasteiger partial charge on any atom is 0.240 e. The van der Waals surface area contributed by atoms with Gasteiger partial charge in [-0.1, -0.05) is 36.4 Å². The number of para-hydroxylation sites is 1. The predicted octanol–water partition coefficient (Wildman–Crippen LogP) is 4.32. The lowest BCUT2D eigenvalue weighted by atomic mass is 9.84. The molecule has 4 rings (SSSR count). The summed E-state index contributed by atoms with van der Waals surface area (Å²) in [6, 6.07) is 17.1. The normalized spacial score (nSPS) is 25.8. The molecule has 0 radical (unpaired) electrons. The number of sulfonamides is 1. The Bertz CT molecular complexity index is 940. The maximum atomic E-state index is 12.5. The lowest BCUT2D eigenvalue weighted by molar-refractivity contribution is 0.295. The fourth-order valence-corrected chi connectivity index (χ4v) is 6.20. The number of nitrogens with one attached hydrogen (secondary N) is 2. The van der Waals surface area contributed by atoms with E-state index < -0.39 is 10.0 Å². The van der Waals surface area contributed by atoms with Crippen LogP contribution in [0.4, 0.5) is 0 Å². The van der Waals surface area contributed by atoms with Gasteiger partial charge in [0, 0.05) is 6.04 Å². The Kier molecular flexibility index (Phi) is 7.31. The van der Waals surface area contributed by atoms with Gasteiger partial charge in [0.25, 0.3) is 0 Å². The molecule has 2 aromatic rings. The molecule has 0 heterocycles. The average Bonchev–Trinajstić information content (AvgIpc) is 3.57. The second-order valence-corrected chi connectivity index (χ2v) is 10.7. The van der Waals surface area contributed by atoms with Gasteiger partial charge in [-0.05, 0) is 93.1 Å². The quantitative estimate of drug-likeness (QED) is 0.538. The summed E-state index contributed by atoms with van der Waals surface area (Å²) in [7, 11) is -1.66. The molecule has 2 atom stereocenters. The lowest BCUT2D eigenvalue weighted by Crippen LogP contribution is -2.38. The van der Waals surface area contributed by atoms with E-state index in [2.05, 4.69) is 28.2 Å². The number of ether oxygens (including phenoxy) is 1. The van der Waals surface area contributed by atoms with Gasteiger partial charge in [-0.15, -0.1) is 0 Å². The minimum Gasteiger partial charge on any atom is -0.496 e. The molecule has 0 bridgehead atoms. The monoisotopic (exact) mass is 442 g/mol. The minimum absolute atomic E-state index is 0.0579. The van der Waals surface area contributed by atoms with Crippen LogP contribution in [0.5, 0.6) is 5.75 Å². The van der Waals surface area contributed by atoms with Crippen LogP contribution in [0.3, 0.4) is 0 Å². The van der Waals surface area contributed by atoms with Crippen molar-refractivity contribution in [3.05, 3.63) is 60.2 Å². The molecule has 2 aliphatic carbocycles. The maximum absolute atomic E-state index is 12.5. The fourth-order valence-electron chi connectivity index (χ4n) is 4.88. The lowest BCUT2D eigenvalue weighted by Gasteiger charge is -2.29. The van der Waals surface area contributed by atoms with Crippen LogP contribution < -0.4 is 14.8 Å². The first-order chi connectivity index (χ1) is 15.1. The summed E-state index contributed by atoms with van der Waals surface area (Å²) in [5.74, 6) is 3.03. The molecule has 0 amide bonds. The summed E-state index contributed by atoms with van der Waals surface area (Å²) in [6.07, 6.45) is 6.45. The number of rotatable bonds is 10. The summed E-state index contributed by atoms with van der Waals surface area (Å²) in [6.45, 7) is 2.11. The van der Waals surface area contributed by atoms with Crippen LogP contribution in [0.25, 0.3) is 0 Å². The van der Waals surface area contributed by atoms with Crippen molar-refractivity contribution in [1.29, 1.82) is 0 Å². The van der Waals surface area contributed by atoms with Gasteiger partial charge in [0.05, 0.1) is 12.0 Å². The zero-order chi connectivity index (χ0) is 21.7. The average molecular weight is 443 g/mol. The Hall–Kier alpha value is -1.89. The molecule has 2 aromatic carbocycles. The largest absolute Gasteiger partial charge is 0.496 e. The Balaban J connectivity index is 1.13. The van der Waals surface area contributed by atoms with Gasteiger partial charge in [-0.25, -0.2) is 13.1 Å². The Labute approximate surface area is 186 Å². The molecule has 0 aliphatic heterocycles. The molecule has 0 saturated heterocycles. The SMILES string of the molecule is COc1ccccc1[C@@H]1C[C@H]1CNCCC1CCC(NS(=O)(=O)c2ccccc2)CC1. The highest BCUT2D eigenvalue weighted by Gasteiger charge is 2.39. The molecule has 2 fully saturated rings. The molecule has 5 nitrogen and oxygen atoms in total. The third-order valence-electron chi connectivity index (χ3n) is 6.82. The van der Waals surface area contributed by atoms with Crippen molar-refractivity contribution < 1.29 is 13.2 Å². The van der Waals surface area contributed by atoms with E-state index in [0.29, 0.717) is 22.6 Å². The van der Waals surface area contributed by atoms with E-state index in [1.807, 2.05) is 12.1 Å². The van der Waals surface area contributed by atoms with Crippen molar-refractivity contribution in [1.82, 2.24) is 10.0 Å². The molecule has 168 valence electrons. The molecular formula is C25H34N2O3S. The molecule has 2 saturated carbocycles. The zero-order valence-electron chi connectivity index (χ0n) is 18.3. The second-order valence-electron chi connectivity index (χ2n) is 8.99. The van der Waals surface area contributed by atoms with Crippen LogP contribution in [0.15, 0.2) is 59.5 Å². The summed E-state index contributed by atoms with van der Waals surface area (Å²) >= 11 is 0. The van der Waals surface area contributed by atoms with Gasteiger partial charge in [0.1, 0.15) is 5.75 Å². The van der Waals surface area contributed by atoms with Crippen molar-refractivity contribution in [2.24, 2.45) is 11.8 Å². The van der Waals surface area contributed by atoms with E-state index >= 15 is 0 Å². The van der Waals surface area contributed by atoms with Crippen molar-refractivity contribution in [3.8, 4) is 5.75 Å². The van der Waals surface area contributed by atoms with Gasteiger partial charge >= 0.3 is 0 Å². The first-order valence-corrected chi connectivity index (χ1v) is 13.0. The van der Waals surface area contributed by atoms with Crippen LogP contribution in [-0.4, -0.2) is 34.7 Å².